The SMILES string of the molecule is CCC(C)c1ccc2c(c1)CNCCC2.Cl. The molecule has 2 heteroatoms. The Kier molecular flexibility index (Phi) is 5.30. The summed E-state index contributed by atoms with van der Waals surface area (Å²) in [6, 6.07) is 7.06. The molecule has 0 saturated carbocycles. The molecule has 0 bridgehead atoms. The Hall–Kier alpha value is -0.530. The van der Waals surface area contributed by atoms with E-state index in [0.717, 1.165) is 13.1 Å². The second kappa shape index (κ2) is 6.27. The summed E-state index contributed by atoms with van der Waals surface area (Å²) in [7, 11) is 0. The molecule has 0 fully saturated rings. The van der Waals surface area contributed by atoms with Crippen molar-refractivity contribution in [3.63, 3.8) is 0 Å². The Balaban J connectivity index is 0.00000128. The van der Waals surface area contributed by atoms with Crippen LogP contribution in [-0.4, -0.2) is 6.54 Å². The summed E-state index contributed by atoms with van der Waals surface area (Å²) in [5, 5.41) is 3.49. The lowest BCUT2D eigenvalue weighted by Gasteiger charge is -2.13. The zero-order chi connectivity index (χ0) is 10.7. The maximum Gasteiger partial charge on any atom is 0.0208 e. The van der Waals surface area contributed by atoms with Gasteiger partial charge >= 0.3 is 0 Å². The van der Waals surface area contributed by atoms with Gasteiger partial charge in [-0.3, -0.25) is 0 Å². The highest BCUT2D eigenvalue weighted by Gasteiger charge is 2.10. The maximum atomic E-state index is 3.49. The highest BCUT2D eigenvalue weighted by molar-refractivity contribution is 5.85. The predicted octanol–water partition coefficient (Wildman–Crippen LogP) is 3.66. The highest BCUT2D eigenvalue weighted by Crippen LogP contribution is 2.23. The quantitative estimate of drug-likeness (QED) is 0.831. The van der Waals surface area contributed by atoms with Crippen LogP contribution in [0.4, 0.5) is 0 Å². The van der Waals surface area contributed by atoms with Crippen molar-refractivity contribution in [1.82, 2.24) is 5.32 Å². The second-order valence-electron chi connectivity index (χ2n) is 4.62. The fourth-order valence-corrected chi connectivity index (χ4v) is 2.22. The van der Waals surface area contributed by atoms with Crippen molar-refractivity contribution in [2.75, 3.05) is 6.54 Å². The molecule has 1 atom stereocenters. The maximum absolute atomic E-state index is 3.49. The van der Waals surface area contributed by atoms with E-state index in [1.807, 2.05) is 0 Å². The third-order valence-electron chi connectivity index (χ3n) is 3.53. The van der Waals surface area contributed by atoms with Gasteiger partial charge in [0.15, 0.2) is 0 Å². The molecule has 1 aromatic rings. The van der Waals surface area contributed by atoms with Crippen molar-refractivity contribution in [1.29, 1.82) is 0 Å². The van der Waals surface area contributed by atoms with E-state index >= 15 is 0 Å². The average molecular weight is 240 g/mol. The monoisotopic (exact) mass is 239 g/mol. The van der Waals surface area contributed by atoms with Crippen molar-refractivity contribution in [2.45, 2.75) is 45.6 Å². The van der Waals surface area contributed by atoms with E-state index in [2.05, 4.69) is 37.4 Å². The molecule has 2 rings (SSSR count). The smallest absolute Gasteiger partial charge is 0.0208 e. The van der Waals surface area contributed by atoms with Gasteiger partial charge in [0.1, 0.15) is 0 Å². The normalized spacial score (nSPS) is 16.9. The predicted molar refractivity (Wildman–Crippen MR) is 72.4 cm³/mol. The van der Waals surface area contributed by atoms with Crippen LogP contribution in [0.1, 0.15) is 49.3 Å². The molecule has 0 spiro atoms. The summed E-state index contributed by atoms with van der Waals surface area (Å²) in [5.74, 6) is 0.693. The standard InChI is InChI=1S/C14H21N.ClH/c1-3-11(2)13-7-6-12-5-4-8-15-10-14(12)9-13;/h6-7,9,11,15H,3-5,8,10H2,1-2H3;1H. The van der Waals surface area contributed by atoms with E-state index < -0.39 is 0 Å². The van der Waals surface area contributed by atoms with Crippen LogP contribution in [0.25, 0.3) is 0 Å². The Morgan fingerprint density at radius 2 is 2.12 bits per heavy atom. The summed E-state index contributed by atoms with van der Waals surface area (Å²) >= 11 is 0. The van der Waals surface area contributed by atoms with Crippen LogP contribution in [0, 0.1) is 0 Å². The largest absolute Gasteiger partial charge is 0.313 e. The lowest BCUT2D eigenvalue weighted by molar-refractivity contribution is 0.679. The second-order valence-corrected chi connectivity index (χ2v) is 4.62. The van der Waals surface area contributed by atoms with Gasteiger partial charge in [0, 0.05) is 6.54 Å². The highest BCUT2D eigenvalue weighted by atomic mass is 35.5. The zero-order valence-corrected chi connectivity index (χ0v) is 11.1. The third kappa shape index (κ3) is 2.99. The van der Waals surface area contributed by atoms with Gasteiger partial charge in [-0.05, 0) is 48.4 Å². The summed E-state index contributed by atoms with van der Waals surface area (Å²) in [4.78, 5) is 0. The first-order chi connectivity index (χ1) is 7.31. The number of benzene rings is 1. The third-order valence-corrected chi connectivity index (χ3v) is 3.53. The molecule has 1 heterocycles. The van der Waals surface area contributed by atoms with E-state index in [9.17, 15) is 0 Å². The molecule has 0 saturated heterocycles. The van der Waals surface area contributed by atoms with Crippen molar-refractivity contribution >= 4 is 12.4 Å². The zero-order valence-electron chi connectivity index (χ0n) is 10.3. The first-order valence-electron chi connectivity index (χ1n) is 6.13. The molecule has 16 heavy (non-hydrogen) atoms. The van der Waals surface area contributed by atoms with E-state index in [0.29, 0.717) is 5.92 Å². The number of aryl methyl sites for hydroxylation is 1. The molecule has 0 aliphatic carbocycles. The number of fused-ring (bicyclic) bond motifs is 1. The molecule has 0 radical (unpaired) electrons. The number of hydrogen-bond acceptors (Lipinski definition) is 1. The lowest BCUT2D eigenvalue weighted by Crippen LogP contribution is -2.12. The molecule has 1 nitrogen and oxygen atoms in total. The number of rotatable bonds is 2. The average Bonchev–Trinajstić information content (AvgIpc) is 2.51. The molecule has 1 unspecified atom stereocenters. The van der Waals surface area contributed by atoms with Crippen LogP contribution < -0.4 is 5.32 Å². The minimum atomic E-state index is 0. The van der Waals surface area contributed by atoms with Crippen LogP contribution in [0.15, 0.2) is 18.2 Å². The fraction of sp³-hybridized carbons (Fsp3) is 0.571. The minimum Gasteiger partial charge on any atom is -0.313 e. The van der Waals surface area contributed by atoms with Gasteiger partial charge < -0.3 is 5.32 Å². The summed E-state index contributed by atoms with van der Waals surface area (Å²) in [6.07, 6.45) is 3.74. The van der Waals surface area contributed by atoms with Crippen LogP contribution in [0.5, 0.6) is 0 Å². The van der Waals surface area contributed by atoms with Gasteiger partial charge in [0.05, 0.1) is 0 Å². The van der Waals surface area contributed by atoms with Crippen molar-refractivity contribution in [3.05, 3.63) is 34.9 Å². The van der Waals surface area contributed by atoms with E-state index in [1.165, 1.54) is 30.4 Å². The molecule has 1 aromatic carbocycles. The minimum absolute atomic E-state index is 0. The Morgan fingerprint density at radius 3 is 2.88 bits per heavy atom. The Bertz CT molecular complexity index is 336. The molecule has 1 N–H and O–H groups in total. The van der Waals surface area contributed by atoms with Crippen LogP contribution in [-0.2, 0) is 13.0 Å². The first-order valence-corrected chi connectivity index (χ1v) is 6.13. The molecule has 1 aliphatic rings. The van der Waals surface area contributed by atoms with Gasteiger partial charge in [-0.15, -0.1) is 12.4 Å². The van der Waals surface area contributed by atoms with Crippen molar-refractivity contribution in [2.24, 2.45) is 0 Å². The Morgan fingerprint density at radius 1 is 1.31 bits per heavy atom. The summed E-state index contributed by atoms with van der Waals surface area (Å²) in [6.45, 7) is 6.79. The molecule has 0 aromatic heterocycles. The van der Waals surface area contributed by atoms with Crippen molar-refractivity contribution < 1.29 is 0 Å². The molecular formula is C14H22ClN. The van der Waals surface area contributed by atoms with Crippen molar-refractivity contribution in [3.8, 4) is 0 Å². The van der Waals surface area contributed by atoms with Crippen LogP contribution >= 0.6 is 12.4 Å². The topological polar surface area (TPSA) is 12.0 Å². The number of nitrogens with one attached hydrogen (secondary N) is 1. The van der Waals surface area contributed by atoms with Gasteiger partial charge in [0.2, 0.25) is 0 Å². The summed E-state index contributed by atoms with van der Waals surface area (Å²) < 4.78 is 0. The number of halogens is 1. The van der Waals surface area contributed by atoms with Gasteiger partial charge in [0.25, 0.3) is 0 Å². The number of hydrogen-bond donors (Lipinski definition) is 1. The molecule has 0 amide bonds. The van der Waals surface area contributed by atoms with E-state index in [4.69, 9.17) is 0 Å². The van der Waals surface area contributed by atoms with Crippen LogP contribution in [0.2, 0.25) is 0 Å². The Labute approximate surface area is 105 Å². The molecule has 90 valence electrons. The molecular weight excluding hydrogens is 218 g/mol. The van der Waals surface area contributed by atoms with E-state index in [1.54, 1.807) is 5.56 Å². The van der Waals surface area contributed by atoms with Crippen LogP contribution in [0.3, 0.4) is 0 Å². The van der Waals surface area contributed by atoms with Gasteiger partial charge in [-0.2, -0.15) is 0 Å². The first kappa shape index (κ1) is 13.5. The van der Waals surface area contributed by atoms with Gasteiger partial charge in [-0.25, -0.2) is 0 Å². The van der Waals surface area contributed by atoms with E-state index in [-0.39, 0.29) is 12.4 Å². The lowest BCUT2D eigenvalue weighted by atomic mass is 9.93. The molecule has 1 aliphatic heterocycles. The summed E-state index contributed by atoms with van der Waals surface area (Å²) in [5.41, 5.74) is 4.57. The fourth-order valence-electron chi connectivity index (χ4n) is 2.22. The van der Waals surface area contributed by atoms with Gasteiger partial charge in [-0.1, -0.05) is 32.0 Å².